The molecule has 0 saturated heterocycles. The second kappa shape index (κ2) is 6.04. The quantitative estimate of drug-likeness (QED) is 0.756. The first-order valence-electron chi connectivity index (χ1n) is 7.17. The number of nitrogens with one attached hydrogen (secondary N) is 1. The number of para-hydroxylation sites is 1. The molecule has 1 heterocycles. The minimum atomic E-state index is -0.864. The lowest BCUT2D eigenvalue weighted by Gasteiger charge is -2.10. The molecule has 2 N–H and O–H groups in total. The van der Waals surface area contributed by atoms with Gasteiger partial charge in [0.1, 0.15) is 0 Å². The zero-order valence-corrected chi connectivity index (χ0v) is 12.9. The molecule has 2 aromatic carbocycles. The van der Waals surface area contributed by atoms with E-state index in [2.05, 4.69) is 4.98 Å². The number of rotatable bonds is 5. The van der Waals surface area contributed by atoms with Gasteiger partial charge in [-0.25, -0.2) is 0 Å². The minimum absolute atomic E-state index is 0.0479. The summed E-state index contributed by atoms with van der Waals surface area (Å²) in [5, 5.41) is 10.2. The first kappa shape index (κ1) is 15.0. The van der Waals surface area contributed by atoms with Gasteiger partial charge in [-0.1, -0.05) is 18.2 Å². The van der Waals surface area contributed by atoms with Gasteiger partial charge < -0.3 is 19.6 Å². The van der Waals surface area contributed by atoms with E-state index in [-0.39, 0.29) is 6.42 Å². The van der Waals surface area contributed by atoms with E-state index in [0.717, 1.165) is 27.7 Å². The zero-order valence-electron chi connectivity index (χ0n) is 12.9. The van der Waals surface area contributed by atoms with Gasteiger partial charge in [-0.05, 0) is 29.8 Å². The summed E-state index contributed by atoms with van der Waals surface area (Å²) in [6.07, 6.45) is -0.0479. The highest BCUT2D eigenvalue weighted by atomic mass is 16.5. The van der Waals surface area contributed by atoms with E-state index >= 15 is 0 Å². The Morgan fingerprint density at radius 1 is 1.09 bits per heavy atom. The predicted octanol–water partition coefficient (Wildman–Crippen LogP) is 3.48. The van der Waals surface area contributed by atoms with Gasteiger partial charge in [0.2, 0.25) is 0 Å². The Morgan fingerprint density at radius 2 is 1.83 bits per heavy atom. The number of aromatic nitrogens is 1. The normalized spacial score (nSPS) is 10.7. The van der Waals surface area contributed by atoms with Crippen LogP contribution in [0.3, 0.4) is 0 Å². The van der Waals surface area contributed by atoms with Crippen LogP contribution >= 0.6 is 0 Å². The van der Waals surface area contributed by atoms with Crippen molar-refractivity contribution in [1.82, 2.24) is 4.98 Å². The molecule has 0 fully saturated rings. The maximum absolute atomic E-state index is 11.3. The third-order valence-corrected chi connectivity index (χ3v) is 3.81. The highest BCUT2D eigenvalue weighted by Crippen LogP contribution is 2.36. The minimum Gasteiger partial charge on any atom is -0.493 e. The van der Waals surface area contributed by atoms with E-state index in [4.69, 9.17) is 9.47 Å². The van der Waals surface area contributed by atoms with Gasteiger partial charge in [0.05, 0.1) is 26.3 Å². The number of carboxylic acids is 1. The number of hydrogen-bond acceptors (Lipinski definition) is 3. The topological polar surface area (TPSA) is 71.6 Å². The summed E-state index contributed by atoms with van der Waals surface area (Å²) in [5.74, 6) is 0.369. The Morgan fingerprint density at radius 3 is 2.52 bits per heavy atom. The van der Waals surface area contributed by atoms with Gasteiger partial charge in [0, 0.05) is 16.5 Å². The molecule has 0 amide bonds. The van der Waals surface area contributed by atoms with Crippen molar-refractivity contribution in [2.45, 2.75) is 6.42 Å². The van der Waals surface area contributed by atoms with Crippen molar-refractivity contribution in [2.24, 2.45) is 0 Å². The third kappa shape index (κ3) is 2.73. The van der Waals surface area contributed by atoms with E-state index in [1.807, 2.05) is 42.5 Å². The Labute approximate surface area is 133 Å². The van der Waals surface area contributed by atoms with Crippen molar-refractivity contribution in [2.75, 3.05) is 14.2 Å². The molecule has 0 radical (unpaired) electrons. The highest BCUT2D eigenvalue weighted by molar-refractivity contribution is 5.94. The number of hydrogen-bond donors (Lipinski definition) is 2. The molecule has 0 spiro atoms. The molecule has 0 aliphatic carbocycles. The van der Waals surface area contributed by atoms with E-state index in [0.29, 0.717) is 11.5 Å². The molecule has 0 unspecified atom stereocenters. The molecule has 5 heteroatoms. The van der Waals surface area contributed by atoms with E-state index in [1.54, 1.807) is 14.2 Å². The predicted molar refractivity (Wildman–Crippen MR) is 88.2 cm³/mol. The number of carboxylic acid groups (broad SMARTS) is 1. The number of aliphatic carboxylic acids is 1. The van der Waals surface area contributed by atoms with Crippen LogP contribution in [0.25, 0.3) is 22.2 Å². The Hall–Kier alpha value is -2.95. The summed E-state index contributed by atoms with van der Waals surface area (Å²) in [6.45, 7) is 0. The van der Waals surface area contributed by atoms with Crippen LogP contribution in [0.1, 0.15) is 5.56 Å². The Kier molecular flexibility index (Phi) is 3.93. The van der Waals surface area contributed by atoms with Gasteiger partial charge >= 0.3 is 5.97 Å². The standard InChI is InChI=1S/C18H17NO4/c1-22-15-8-7-11(9-16(15)23-2)18-13(10-17(20)21)12-5-3-4-6-14(12)19-18/h3-9,19H,10H2,1-2H3,(H,20,21). The van der Waals surface area contributed by atoms with Crippen LogP contribution in [-0.4, -0.2) is 30.3 Å². The summed E-state index contributed by atoms with van der Waals surface area (Å²) in [7, 11) is 3.15. The lowest BCUT2D eigenvalue weighted by Crippen LogP contribution is -2.01. The largest absolute Gasteiger partial charge is 0.493 e. The van der Waals surface area contributed by atoms with E-state index in [1.165, 1.54) is 0 Å². The lowest BCUT2D eigenvalue weighted by molar-refractivity contribution is -0.136. The maximum atomic E-state index is 11.3. The van der Waals surface area contributed by atoms with E-state index < -0.39 is 5.97 Å². The van der Waals surface area contributed by atoms with Crippen LogP contribution in [0.2, 0.25) is 0 Å². The summed E-state index contributed by atoms with van der Waals surface area (Å²) in [4.78, 5) is 14.6. The summed E-state index contributed by atoms with van der Waals surface area (Å²) < 4.78 is 10.6. The summed E-state index contributed by atoms with van der Waals surface area (Å²) in [5.41, 5.74) is 3.32. The molecular weight excluding hydrogens is 294 g/mol. The molecule has 0 bridgehead atoms. The first-order chi connectivity index (χ1) is 11.1. The van der Waals surface area contributed by atoms with Crippen molar-refractivity contribution >= 4 is 16.9 Å². The molecule has 23 heavy (non-hydrogen) atoms. The lowest BCUT2D eigenvalue weighted by atomic mass is 10.0. The van der Waals surface area contributed by atoms with Crippen LogP contribution in [0, 0.1) is 0 Å². The molecule has 0 saturated carbocycles. The number of benzene rings is 2. The maximum Gasteiger partial charge on any atom is 0.307 e. The second-order valence-electron chi connectivity index (χ2n) is 5.16. The monoisotopic (exact) mass is 311 g/mol. The first-order valence-corrected chi connectivity index (χ1v) is 7.17. The van der Waals surface area contributed by atoms with E-state index in [9.17, 15) is 9.90 Å². The molecule has 3 aromatic rings. The number of H-pyrrole nitrogens is 1. The fourth-order valence-corrected chi connectivity index (χ4v) is 2.77. The third-order valence-electron chi connectivity index (χ3n) is 3.81. The Balaban J connectivity index is 2.21. The molecule has 0 aliphatic rings. The Bertz CT molecular complexity index is 867. The van der Waals surface area contributed by atoms with Crippen LogP contribution in [0.5, 0.6) is 11.5 Å². The molecule has 1 aromatic heterocycles. The highest BCUT2D eigenvalue weighted by Gasteiger charge is 2.17. The van der Waals surface area contributed by atoms with Crippen LogP contribution in [0.4, 0.5) is 0 Å². The number of carbonyl (C=O) groups is 1. The molecule has 5 nitrogen and oxygen atoms in total. The number of fused-ring (bicyclic) bond motifs is 1. The van der Waals surface area contributed by atoms with Crippen molar-refractivity contribution in [3.8, 4) is 22.8 Å². The molecule has 0 atom stereocenters. The smallest absolute Gasteiger partial charge is 0.307 e. The molecular formula is C18H17NO4. The fourth-order valence-electron chi connectivity index (χ4n) is 2.77. The van der Waals surface area contributed by atoms with Gasteiger partial charge in [-0.15, -0.1) is 0 Å². The van der Waals surface area contributed by atoms with Crippen LogP contribution < -0.4 is 9.47 Å². The van der Waals surface area contributed by atoms with Crippen LogP contribution in [0.15, 0.2) is 42.5 Å². The van der Waals surface area contributed by atoms with Gasteiger partial charge in [-0.3, -0.25) is 4.79 Å². The molecule has 118 valence electrons. The SMILES string of the molecule is COc1ccc(-c2[nH]c3ccccc3c2CC(=O)O)cc1OC. The number of methoxy groups -OCH3 is 2. The van der Waals surface area contributed by atoms with Crippen molar-refractivity contribution in [3.05, 3.63) is 48.0 Å². The van der Waals surface area contributed by atoms with Crippen molar-refractivity contribution < 1.29 is 19.4 Å². The van der Waals surface area contributed by atoms with Gasteiger partial charge in [0.15, 0.2) is 11.5 Å². The van der Waals surface area contributed by atoms with Crippen molar-refractivity contribution in [3.63, 3.8) is 0 Å². The average molecular weight is 311 g/mol. The molecule has 0 aliphatic heterocycles. The van der Waals surface area contributed by atoms with Gasteiger partial charge in [-0.2, -0.15) is 0 Å². The summed E-state index contributed by atoms with van der Waals surface area (Å²) >= 11 is 0. The molecule has 3 rings (SSSR count). The second-order valence-corrected chi connectivity index (χ2v) is 5.16. The number of ether oxygens (including phenoxy) is 2. The number of aromatic amines is 1. The van der Waals surface area contributed by atoms with Crippen LogP contribution in [-0.2, 0) is 11.2 Å². The van der Waals surface area contributed by atoms with Crippen molar-refractivity contribution in [1.29, 1.82) is 0 Å². The average Bonchev–Trinajstić information content (AvgIpc) is 2.92. The van der Waals surface area contributed by atoms with Gasteiger partial charge in [0.25, 0.3) is 0 Å². The fraction of sp³-hybridized carbons (Fsp3) is 0.167. The zero-order chi connectivity index (χ0) is 16.4. The summed E-state index contributed by atoms with van der Waals surface area (Å²) in [6, 6.07) is 13.2.